The molecule has 0 atom stereocenters. The first-order valence-corrected chi connectivity index (χ1v) is 8.19. The van der Waals surface area contributed by atoms with Gasteiger partial charge in [0.15, 0.2) is 5.78 Å². The zero-order valence-corrected chi connectivity index (χ0v) is 13.3. The molecule has 0 amide bonds. The number of Topliss-reactive ketones (excluding diaryl/α,β-unsaturated/α-hetero) is 1. The van der Waals surface area contributed by atoms with Crippen molar-refractivity contribution in [2.24, 2.45) is 0 Å². The summed E-state index contributed by atoms with van der Waals surface area (Å²) >= 11 is 1.58. The minimum absolute atomic E-state index is 0.179. The lowest BCUT2D eigenvalue weighted by Gasteiger charge is -2.13. The third kappa shape index (κ3) is 2.57. The second-order valence-corrected chi connectivity index (χ2v) is 6.25. The summed E-state index contributed by atoms with van der Waals surface area (Å²) in [6, 6.07) is 7.85. The lowest BCUT2D eigenvalue weighted by Crippen LogP contribution is -2.20. The van der Waals surface area contributed by atoms with Crippen LogP contribution >= 0.6 is 11.3 Å². The summed E-state index contributed by atoms with van der Waals surface area (Å²) in [5.74, 6) is -0.435. The van der Waals surface area contributed by atoms with Crippen molar-refractivity contribution in [3.05, 3.63) is 76.8 Å². The Kier molecular flexibility index (Phi) is 3.59. The van der Waals surface area contributed by atoms with E-state index in [0.29, 0.717) is 12.0 Å². The lowest BCUT2D eigenvalue weighted by atomic mass is 9.90. The Morgan fingerprint density at radius 2 is 1.88 bits per heavy atom. The molecular weight excluding hydrogens is 322 g/mol. The fraction of sp³-hybridized carbons (Fsp3) is 0.0556. The summed E-state index contributed by atoms with van der Waals surface area (Å²) in [5.41, 5.74) is 2.91. The minimum Gasteiger partial charge on any atom is -0.289 e. The average molecular weight is 333 g/mol. The molecule has 2 heterocycles. The molecule has 2 aromatic heterocycles. The molecule has 24 heavy (non-hydrogen) atoms. The largest absolute Gasteiger partial charge is 0.289 e. The second-order valence-electron chi connectivity index (χ2n) is 5.36. The third-order valence-corrected chi connectivity index (χ3v) is 4.64. The number of aromatic nitrogens is 3. The molecule has 0 saturated heterocycles. The zero-order valence-electron chi connectivity index (χ0n) is 12.5. The highest BCUT2D eigenvalue weighted by Gasteiger charge is 2.26. The predicted molar refractivity (Wildman–Crippen MR) is 90.0 cm³/mol. The molecule has 0 unspecified atom stereocenters. The Bertz CT molecular complexity index is 960. The van der Waals surface area contributed by atoms with E-state index in [1.54, 1.807) is 17.5 Å². The van der Waals surface area contributed by atoms with Crippen molar-refractivity contribution in [1.82, 2.24) is 15.0 Å². The van der Waals surface area contributed by atoms with E-state index >= 15 is 0 Å². The van der Waals surface area contributed by atoms with Crippen molar-refractivity contribution in [3.63, 3.8) is 0 Å². The van der Waals surface area contributed by atoms with Gasteiger partial charge in [-0.25, -0.2) is 15.0 Å². The molecule has 5 nitrogen and oxygen atoms in total. The fourth-order valence-electron chi connectivity index (χ4n) is 2.64. The zero-order chi connectivity index (χ0) is 16.5. The molecule has 0 saturated carbocycles. The number of thiazole rings is 1. The second kappa shape index (κ2) is 5.90. The van der Waals surface area contributed by atoms with Gasteiger partial charge in [0.1, 0.15) is 17.0 Å². The first kappa shape index (κ1) is 14.6. The van der Waals surface area contributed by atoms with Crippen LogP contribution in [0.4, 0.5) is 0 Å². The van der Waals surface area contributed by atoms with Gasteiger partial charge < -0.3 is 0 Å². The van der Waals surface area contributed by atoms with Crippen LogP contribution < -0.4 is 0 Å². The van der Waals surface area contributed by atoms with Crippen LogP contribution in [0.1, 0.15) is 26.4 Å². The molecule has 116 valence electrons. The SMILES string of the molecule is O=C1C(Cc2ccc(-c3nccs3)cc2)=CC(=O)c2ncncc21. The van der Waals surface area contributed by atoms with E-state index in [1.165, 1.54) is 18.6 Å². The van der Waals surface area contributed by atoms with Crippen LogP contribution in [0, 0.1) is 0 Å². The molecule has 6 heteroatoms. The summed E-state index contributed by atoms with van der Waals surface area (Å²) in [5, 5.41) is 2.88. The topological polar surface area (TPSA) is 72.8 Å². The van der Waals surface area contributed by atoms with Gasteiger partial charge in [0.05, 0.1) is 5.56 Å². The molecule has 4 rings (SSSR count). The molecule has 1 aliphatic carbocycles. The number of hydrogen-bond acceptors (Lipinski definition) is 6. The lowest BCUT2D eigenvalue weighted by molar-refractivity contribution is 0.0978. The number of fused-ring (bicyclic) bond motifs is 1. The summed E-state index contributed by atoms with van der Waals surface area (Å²) in [6.45, 7) is 0. The van der Waals surface area contributed by atoms with E-state index in [-0.39, 0.29) is 22.8 Å². The number of carbonyl (C=O) groups is 2. The van der Waals surface area contributed by atoms with Crippen LogP contribution in [0.2, 0.25) is 0 Å². The number of allylic oxidation sites excluding steroid dienone is 2. The van der Waals surface area contributed by atoms with Gasteiger partial charge in [-0.2, -0.15) is 0 Å². The van der Waals surface area contributed by atoms with E-state index < -0.39 is 0 Å². The Morgan fingerprint density at radius 3 is 2.62 bits per heavy atom. The van der Waals surface area contributed by atoms with Crippen LogP contribution in [0.5, 0.6) is 0 Å². The number of carbonyl (C=O) groups excluding carboxylic acids is 2. The van der Waals surface area contributed by atoms with E-state index in [1.807, 2.05) is 29.6 Å². The number of ketones is 2. The Balaban J connectivity index is 1.60. The highest BCUT2D eigenvalue weighted by molar-refractivity contribution is 7.13. The van der Waals surface area contributed by atoms with Crippen molar-refractivity contribution in [2.45, 2.75) is 6.42 Å². The van der Waals surface area contributed by atoms with Gasteiger partial charge in [0.25, 0.3) is 0 Å². The van der Waals surface area contributed by atoms with Crippen LogP contribution in [0.25, 0.3) is 10.6 Å². The van der Waals surface area contributed by atoms with Gasteiger partial charge in [-0.1, -0.05) is 24.3 Å². The van der Waals surface area contributed by atoms with Crippen molar-refractivity contribution in [1.29, 1.82) is 0 Å². The molecule has 0 fully saturated rings. The molecule has 0 bridgehead atoms. The summed E-state index contributed by atoms with van der Waals surface area (Å²) in [4.78, 5) is 36.6. The van der Waals surface area contributed by atoms with Crippen molar-refractivity contribution < 1.29 is 9.59 Å². The van der Waals surface area contributed by atoms with Gasteiger partial charge in [0.2, 0.25) is 5.78 Å². The van der Waals surface area contributed by atoms with Gasteiger partial charge in [0, 0.05) is 35.3 Å². The molecule has 0 N–H and O–H groups in total. The summed E-state index contributed by atoms with van der Waals surface area (Å²) in [6.07, 6.45) is 6.23. The van der Waals surface area contributed by atoms with E-state index in [4.69, 9.17) is 0 Å². The van der Waals surface area contributed by atoms with Crippen molar-refractivity contribution in [2.75, 3.05) is 0 Å². The molecule has 0 radical (unpaired) electrons. The normalized spacial score (nSPS) is 13.6. The van der Waals surface area contributed by atoms with Crippen molar-refractivity contribution >= 4 is 22.9 Å². The quantitative estimate of drug-likeness (QED) is 0.736. The highest BCUT2D eigenvalue weighted by atomic mass is 32.1. The maximum atomic E-state index is 12.5. The Hall–Kier alpha value is -2.99. The van der Waals surface area contributed by atoms with Gasteiger partial charge in [-0.3, -0.25) is 9.59 Å². The Morgan fingerprint density at radius 1 is 1.04 bits per heavy atom. The number of nitrogens with zero attached hydrogens (tertiary/aromatic N) is 3. The molecule has 1 aliphatic rings. The van der Waals surface area contributed by atoms with E-state index in [2.05, 4.69) is 15.0 Å². The number of benzene rings is 1. The Labute approximate surface area is 141 Å². The van der Waals surface area contributed by atoms with E-state index in [9.17, 15) is 9.59 Å². The molecule has 3 aromatic rings. The van der Waals surface area contributed by atoms with Crippen LogP contribution in [0.3, 0.4) is 0 Å². The molecule has 0 spiro atoms. The monoisotopic (exact) mass is 333 g/mol. The average Bonchev–Trinajstić information content (AvgIpc) is 3.15. The highest BCUT2D eigenvalue weighted by Crippen LogP contribution is 2.25. The molecule has 0 aliphatic heterocycles. The summed E-state index contributed by atoms with van der Waals surface area (Å²) < 4.78 is 0. The predicted octanol–water partition coefficient (Wildman–Crippen LogP) is 3.15. The maximum absolute atomic E-state index is 12.5. The third-order valence-electron chi connectivity index (χ3n) is 3.82. The first-order valence-electron chi connectivity index (χ1n) is 7.31. The van der Waals surface area contributed by atoms with Gasteiger partial charge in [-0.15, -0.1) is 11.3 Å². The van der Waals surface area contributed by atoms with E-state index in [0.717, 1.165) is 16.1 Å². The maximum Gasteiger partial charge on any atom is 0.205 e. The number of hydrogen-bond donors (Lipinski definition) is 0. The van der Waals surface area contributed by atoms with Crippen LogP contribution in [0.15, 0.2) is 60.0 Å². The standard InChI is InChI=1S/C18H11N3O2S/c22-15-8-13(17(23)14-9-19-10-21-16(14)15)7-11-1-3-12(4-2-11)18-20-5-6-24-18/h1-6,8-10H,7H2. The first-order chi connectivity index (χ1) is 11.7. The molecular formula is C18H11N3O2S. The summed E-state index contributed by atoms with van der Waals surface area (Å²) in [7, 11) is 0. The van der Waals surface area contributed by atoms with Crippen LogP contribution in [-0.4, -0.2) is 26.5 Å². The van der Waals surface area contributed by atoms with Crippen molar-refractivity contribution in [3.8, 4) is 10.6 Å². The van der Waals surface area contributed by atoms with Crippen LogP contribution in [-0.2, 0) is 6.42 Å². The van der Waals surface area contributed by atoms with Gasteiger partial charge in [-0.05, 0) is 11.6 Å². The smallest absolute Gasteiger partial charge is 0.205 e. The molecule has 1 aromatic carbocycles. The fourth-order valence-corrected chi connectivity index (χ4v) is 3.28. The minimum atomic E-state index is -0.249. The number of rotatable bonds is 3. The van der Waals surface area contributed by atoms with Gasteiger partial charge >= 0.3 is 0 Å².